The summed E-state index contributed by atoms with van der Waals surface area (Å²) in [5, 5.41) is 7.41. The van der Waals surface area contributed by atoms with Gasteiger partial charge in [-0.1, -0.05) is 42.5 Å². The Morgan fingerprint density at radius 2 is 1.97 bits per heavy atom. The van der Waals surface area contributed by atoms with Gasteiger partial charge < -0.3 is 10.5 Å². The van der Waals surface area contributed by atoms with Gasteiger partial charge in [0.2, 0.25) is 0 Å². The van der Waals surface area contributed by atoms with Crippen molar-refractivity contribution in [1.29, 1.82) is 5.41 Å². The van der Waals surface area contributed by atoms with Gasteiger partial charge in [0.15, 0.2) is 6.10 Å². The number of ether oxygens (including phenoxy) is 1. The van der Waals surface area contributed by atoms with Crippen LogP contribution < -0.4 is 5.73 Å². The Morgan fingerprint density at radius 1 is 1.23 bits per heavy atom. The van der Waals surface area contributed by atoms with Gasteiger partial charge in [-0.2, -0.15) is 0 Å². The first kappa shape index (κ1) is 21.4. The highest BCUT2D eigenvalue weighted by molar-refractivity contribution is 6.21. The highest BCUT2D eigenvalue weighted by atomic mass is 35.5. The monoisotopic (exact) mass is 426 g/mol. The molecule has 0 radical (unpaired) electrons. The van der Waals surface area contributed by atoms with Crippen LogP contribution >= 0.6 is 11.8 Å². The van der Waals surface area contributed by atoms with E-state index in [1.54, 1.807) is 48.8 Å². The molecule has 3 rings (SSSR count). The van der Waals surface area contributed by atoms with Crippen molar-refractivity contribution >= 4 is 23.5 Å². The second-order valence-corrected chi connectivity index (χ2v) is 6.97. The average Bonchev–Trinajstić information content (AvgIpc) is 2.76. The van der Waals surface area contributed by atoms with E-state index in [1.807, 2.05) is 6.07 Å². The van der Waals surface area contributed by atoms with Crippen molar-refractivity contribution in [2.75, 3.05) is 7.11 Å². The van der Waals surface area contributed by atoms with Crippen LogP contribution in [-0.2, 0) is 16.1 Å². The number of aromatic nitrogens is 1. The fourth-order valence-corrected chi connectivity index (χ4v) is 3.20. The Balaban J connectivity index is 1.77. The fourth-order valence-electron chi connectivity index (χ4n) is 2.97. The van der Waals surface area contributed by atoms with E-state index in [0.717, 1.165) is 15.5 Å². The summed E-state index contributed by atoms with van der Waals surface area (Å²) in [4.78, 5) is 16.8. The molecule has 8 heteroatoms. The van der Waals surface area contributed by atoms with E-state index >= 15 is 0 Å². The Labute approximate surface area is 178 Å². The minimum absolute atomic E-state index is 0.0509. The number of carbonyl (C=O) groups excluding carboxylic acids is 1. The molecule has 3 N–H and O–H groups in total. The lowest BCUT2D eigenvalue weighted by molar-refractivity contribution is -0.138. The van der Waals surface area contributed by atoms with Crippen LogP contribution in [0, 0.1) is 11.2 Å². The maximum Gasteiger partial charge on any atom is 0.271 e. The molecule has 3 aromatic rings. The number of benzene rings is 2. The second kappa shape index (κ2) is 9.47. The van der Waals surface area contributed by atoms with E-state index in [-0.39, 0.29) is 17.9 Å². The molecule has 1 heterocycles. The predicted octanol–water partition coefficient (Wildman–Crippen LogP) is 4.04. The number of nitrogens with one attached hydrogen (secondary N) is 1. The molecule has 1 aromatic heterocycles. The summed E-state index contributed by atoms with van der Waals surface area (Å²) in [6.07, 6.45) is 2.07. The molecule has 6 nitrogen and oxygen atoms in total. The first-order chi connectivity index (χ1) is 14.4. The van der Waals surface area contributed by atoms with E-state index in [1.165, 1.54) is 19.2 Å². The summed E-state index contributed by atoms with van der Waals surface area (Å²) in [6.45, 7) is 0.0772. The zero-order chi connectivity index (χ0) is 21.7. The third-order valence-electron chi connectivity index (χ3n) is 4.56. The number of pyridine rings is 1. The highest BCUT2D eigenvalue weighted by Crippen LogP contribution is 2.28. The molecule has 30 heavy (non-hydrogen) atoms. The van der Waals surface area contributed by atoms with Gasteiger partial charge in [0.05, 0.1) is 6.54 Å². The van der Waals surface area contributed by atoms with Crippen molar-refractivity contribution in [3.8, 4) is 11.1 Å². The van der Waals surface area contributed by atoms with Crippen molar-refractivity contribution in [3.05, 3.63) is 89.5 Å². The summed E-state index contributed by atoms with van der Waals surface area (Å²) in [5.41, 5.74) is 8.22. The number of hydrogen-bond acceptors (Lipinski definition) is 4. The van der Waals surface area contributed by atoms with Gasteiger partial charge in [0, 0.05) is 48.0 Å². The number of amidine groups is 1. The van der Waals surface area contributed by atoms with Gasteiger partial charge >= 0.3 is 0 Å². The molecule has 0 bridgehead atoms. The third-order valence-corrected chi connectivity index (χ3v) is 4.85. The molecular formula is C22H20ClFN4O2. The Morgan fingerprint density at radius 3 is 2.53 bits per heavy atom. The summed E-state index contributed by atoms with van der Waals surface area (Å²) < 4.78 is 21.0. The van der Waals surface area contributed by atoms with E-state index in [2.05, 4.69) is 4.98 Å². The van der Waals surface area contributed by atoms with Crippen LogP contribution in [0.4, 0.5) is 4.39 Å². The number of rotatable bonds is 7. The van der Waals surface area contributed by atoms with Gasteiger partial charge in [-0.05, 0) is 23.3 Å². The molecule has 0 fully saturated rings. The van der Waals surface area contributed by atoms with Gasteiger partial charge in [0.25, 0.3) is 5.91 Å². The number of amides is 1. The van der Waals surface area contributed by atoms with Crippen molar-refractivity contribution in [2.24, 2.45) is 5.73 Å². The fraction of sp³-hybridized carbons (Fsp3) is 0.136. The molecule has 0 saturated heterocycles. The zero-order valence-electron chi connectivity index (χ0n) is 16.2. The van der Waals surface area contributed by atoms with Crippen LogP contribution in [0.2, 0.25) is 0 Å². The van der Waals surface area contributed by atoms with Crippen molar-refractivity contribution in [2.45, 2.75) is 12.6 Å². The Kier molecular flexibility index (Phi) is 6.76. The predicted molar refractivity (Wildman–Crippen MR) is 113 cm³/mol. The summed E-state index contributed by atoms with van der Waals surface area (Å²) >= 11 is 6.18. The molecule has 0 aliphatic heterocycles. The average molecular weight is 427 g/mol. The van der Waals surface area contributed by atoms with Crippen LogP contribution in [0.15, 0.2) is 67.0 Å². The number of carbonyl (C=O) groups is 1. The highest BCUT2D eigenvalue weighted by Gasteiger charge is 2.28. The van der Waals surface area contributed by atoms with Gasteiger partial charge in [-0.15, -0.1) is 0 Å². The molecule has 1 amide bonds. The SMILES string of the molecule is COC(C(=O)N(Cl)Cc1ccc(C(=N)N)cc1)c1ccc(-c2cccnc2)cc1F. The van der Waals surface area contributed by atoms with Crippen LogP contribution in [-0.4, -0.2) is 28.3 Å². The number of hydrogen-bond donors (Lipinski definition) is 2. The van der Waals surface area contributed by atoms with Crippen molar-refractivity contribution in [3.63, 3.8) is 0 Å². The maximum atomic E-state index is 14.8. The maximum absolute atomic E-state index is 14.8. The molecule has 154 valence electrons. The standard InChI is InChI=1S/C22H20ClFN4O2/c1-30-20(18-9-8-16(11-19(18)24)17-3-2-10-27-12-17)22(29)28(23)13-14-4-6-15(7-5-14)21(25)26/h2-12,20H,13H2,1H3,(H3,25,26). The van der Waals surface area contributed by atoms with Crippen LogP contribution in [0.1, 0.15) is 22.8 Å². The molecule has 0 aliphatic carbocycles. The smallest absolute Gasteiger partial charge is 0.271 e. The molecule has 1 atom stereocenters. The van der Waals surface area contributed by atoms with E-state index < -0.39 is 17.8 Å². The topological polar surface area (TPSA) is 92.3 Å². The number of methoxy groups -OCH3 is 1. The van der Waals surface area contributed by atoms with E-state index in [0.29, 0.717) is 11.1 Å². The lowest BCUT2D eigenvalue weighted by Gasteiger charge is -2.21. The first-order valence-corrected chi connectivity index (χ1v) is 9.37. The number of nitrogen functional groups attached to an aromatic ring is 1. The first-order valence-electron chi connectivity index (χ1n) is 9.04. The zero-order valence-corrected chi connectivity index (χ0v) is 16.9. The number of nitrogens with two attached hydrogens (primary N) is 1. The summed E-state index contributed by atoms with van der Waals surface area (Å²) in [6, 6.07) is 14.9. The molecule has 2 aromatic carbocycles. The van der Waals surface area contributed by atoms with Gasteiger partial charge in [-0.25, -0.2) is 8.81 Å². The van der Waals surface area contributed by atoms with Crippen molar-refractivity contribution in [1.82, 2.24) is 9.40 Å². The number of halogens is 2. The Hall–Kier alpha value is -3.29. The van der Waals surface area contributed by atoms with Crippen LogP contribution in [0.5, 0.6) is 0 Å². The second-order valence-electron chi connectivity index (χ2n) is 6.56. The molecule has 1 unspecified atom stereocenters. The van der Waals surface area contributed by atoms with Crippen molar-refractivity contribution < 1.29 is 13.9 Å². The number of nitrogens with zero attached hydrogens (tertiary/aromatic N) is 2. The summed E-state index contributed by atoms with van der Waals surface area (Å²) in [7, 11) is 1.32. The molecular weight excluding hydrogens is 407 g/mol. The largest absolute Gasteiger partial charge is 0.384 e. The van der Waals surface area contributed by atoms with Crippen LogP contribution in [0.25, 0.3) is 11.1 Å². The van der Waals surface area contributed by atoms with Crippen LogP contribution in [0.3, 0.4) is 0 Å². The lowest BCUT2D eigenvalue weighted by Crippen LogP contribution is -2.29. The Bertz CT molecular complexity index is 1040. The molecule has 0 spiro atoms. The summed E-state index contributed by atoms with van der Waals surface area (Å²) in [5.74, 6) is -1.22. The van der Waals surface area contributed by atoms with Gasteiger partial charge in [-0.3, -0.25) is 15.2 Å². The normalized spacial score (nSPS) is 11.7. The lowest BCUT2D eigenvalue weighted by atomic mass is 10.0. The van der Waals surface area contributed by atoms with E-state index in [4.69, 9.17) is 27.7 Å². The molecule has 0 saturated carbocycles. The van der Waals surface area contributed by atoms with Gasteiger partial charge in [0.1, 0.15) is 11.7 Å². The molecule has 0 aliphatic rings. The third kappa shape index (κ3) is 4.82. The quantitative estimate of drug-likeness (QED) is 0.339. The minimum atomic E-state index is -1.19. The van der Waals surface area contributed by atoms with E-state index in [9.17, 15) is 9.18 Å². The minimum Gasteiger partial charge on any atom is -0.384 e.